The quantitative estimate of drug-likeness (QED) is 0.273. The topological polar surface area (TPSA) is 161 Å². The normalized spacial score (nSPS) is 25.9. The Morgan fingerprint density at radius 2 is 0.810 bits per heavy atom. The first-order chi connectivity index (χ1) is 7.77. The Labute approximate surface area is 356 Å². The fourth-order valence-electron chi connectivity index (χ4n) is 2.17. The molecule has 1 aliphatic rings. The molecule has 21 heavy (non-hydrogen) atoms. The Bertz CT molecular complexity index is 365. The molecular weight excluding hydrogens is 768 g/mol. The van der Waals surface area contributed by atoms with E-state index >= 15 is 0 Å². The summed E-state index contributed by atoms with van der Waals surface area (Å²) >= 11 is 0. The van der Waals surface area contributed by atoms with Gasteiger partial charge in [-0.2, -0.15) is 0 Å². The van der Waals surface area contributed by atoms with Gasteiger partial charge in [0.05, 0.1) is 0 Å². The van der Waals surface area contributed by atoms with Crippen LogP contribution in [0.5, 0.6) is 0 Å². The molecule has 0 saturated heterocycles. The summed E-state index contributed by atoms with van der Waals surface area (Å²) in [5, 5.41) is 42.6. The van der Waals surface area contributed by atoms with E-state index < -0.39 is 54.0 Å². The largest absolute Gasteiger partial charge is 1.00 e. The predicted octanol–water partition coefficient (Wildman–Crippen LogP) is -18.1. The van der Waals surface area contributed by atoms with Gasteiger partial charge in [-0.25, -0.2) is 0 Å². The summed E-state index contributed by atoms with van der Waals surface area (Å²) in [4.78, 5) is 42.6. The molecule has 1 aliphatic carbocycles. The van der Waals surface area contributed by atoms with Crippen molar-refractivity contribution in [1.29, 1.82) is 0 Å². The zero-order valence-corrected chi connectivity index (χ0v) is 37.4. The van der Waals surface area contributed by atoms with Gasteiger partial charge < -0.3 is 39.6 Å². The summed E-state index contributed by atoms with van der Waals surface area (Å²) in [7, 11) is 0. The molecule has 1 fully saturated rings. The van der Waals surface area contributed by atoms with E-state index in [1.54, 1.807) is 0 Å². The standard InChI is InChI=1S/C9H10O8.4Cs/c10-6(11)2-1-3(7(12)13)5(9(16)17)4(2)8(14)15;;;;/h2-5H,1H2,(H,10,11)(H,12,13)(H,14,15)(H,16,17);;;;/q;4*+1/p-4. The Morgan fingerprint density at radius 3 is 0.952 bits per heavy atom. The number of carbonyl (C=O) groups excluding carboxylic acids is 4. The average Bonchev–Trinajstić information content (AvgIpc) is 2.56. The molecule has 0 N–H and O–H groups in total. The molecule has 94 valence electrons. The van der Waals surface area contributed by atoms with Gasteiger partial charge in [0, 0.05) is 47.5 Å². The molecular formula is C9H6Cs4O8. The van der Waals surface area contributed by atoms with Crippen LogP contribution in [0.15, 0.2) is 0 Å². The molecule has 1 saturated carbocycles. The Morgan fingerprint density at radius 1 is 0.571 bits per heavy atom. The molecule has 4 atom stereocenters. The molecule has 0 bridgehead atoms. The van der Waals surface area contributed by atoms with Gasteiger partial charge in [-0.15, -0.1) is 0 Å². The molecule has 0 aromatic carbocycles. The maximum absolute atomic E-state index is 10.7. The molecule has 0 aromatic rings. The Hall–Kier alpha value is 6.09. The zero-order chi connectivity index (χ0) is 13.3. The Balaban J connectivity index is -0.000000361. The van der Waals surface area contributed by atoms with E-state index in [0.717, 1.165) is 0 Å². The van der Waals surface area contributed by atoms with Crippen LogP contribution < -0.4 is 296 Å². The van der Waals surface area contributed by atoms with E-state index in [-0.39, 0.29) is 276 Å². The van der Waals surface area contributed by atoms with Gasteiger partial charge in [0.2, 0.25) is 0 Å². The number of carboxylic acid groups (broad SMARTS) is 4. The van der Waals surface area contributed by atoms with Crippen LogP contribution in [0.25, 0.3) is 0 Å². The van der Waals surface area contributed by atoms with Gasteiger partial charge in [-0.3, -0.25) is 0 Å². The minimum absolute atomic E-state index is 0. The van der Waals surface area contributed by atoms with Crippen molar-refractivity contribution in [3.63, 3.8) is 0 Å². The molecule has 1 rings (SSSR count). The SMILES string of the molecule is O=C([O-])C1CC(C(=O)[O-])C(C(=O)[O-])C1C(=O)[O-].[Cs+].[Cs+].[Cs+].[Cs+]. The van der Waals surface area contributed by atoms with Crippen molar-refractivity contribution in [1.82, 2.24) is 0 Å². The smallest absolute Gasteiger partial charge is 0.550 e. The van der Waals surface area contributed by atoms with Crippen LogP contribution >= 0.6 is 0 Å². The predicted molar refractivity (Wildman–Crippen MR) is 38.6 cm³/mol. The van der Waals surface area contributed by atoms with Crippen LogP contribution in [-0.2, 0) is 19.2 Å². The van der Waals surface area contributed by atoms with Gasteiger partial charge in [0.15, 0.2) is 0 Å². The van der Waals surface area contributed by atoms with Crippen molar-refractivity contribution < 1.29 is 315 Å². The molecule has 0 amide bonds. The summed E-state index contributed by atoms with van der Waals surface area (Å²) in [6.07, 6.45) is -0.692. The van der Waals surface area contributed by atoms with Gasteiger partial charge >= 0.3 is 276 Å². The number of hydrogen-bond acceptors (Lipinski definition) is 8. The number of carbonyl (C=O) groups is 4. The van der Waals surface area contributed by atoms with Gasteiger partial charge in [0.25, 0.3) is 0 Å². The molecule has 0 radical (unpaired) electrons. The number of carboxylic acids is 4. The first kappa shape index (κ1) is 34.6. The minimum Gasteiger partial charge on any atom is -0.550 e. The first-order valence-electron chi connectivity index (χ1n) is 4.60. The molecule has 0 spiro atoms. The second-order valence-corrected chi connectivity index (χ2v) is 3.78. The average molecular weight is 774 g/mol. The van der Waals surface area contributed by atoms with Crippen molar-refractivity contribution in [3.05, 3.63) is 0 Å². The van der Waals surface area contributed by atoms with Gasteiger partial charge in [-0.05, 0) is 6.42 Å². The van der Waals surface area contributed by atoms with Gasteiger partial charge in [-0.1, -0.05) is 0 Å². The van der Waals surface area contributed by atoms with Crippen molar-refractivity contribution in [2.75, 3.05) is 0 Å². The van der Waals surface area contributed by atoms with Crippen LogP contribution in [0.3, 0.4) is 0 Å². The fourth-order valence-corrected chi connectivity index (χ4v) is 2.17. The Kier molecular flexibility index (Phi) is 28.0. The van der Waals surface area contributed by atoms with E-state index in [2.05, 4.69) is 0 Å². The number of aliphatic carboxylic acids is 4. The molecule has 0 heterocycles. The minimum atomic E-state index is -1.99. The summed E-state index contributed by atoms with van der Waals surface area (Å²) in [6.45, 7) is 0. The van der Waals surface area contributed by atoms with E-state index in [1.165, 1.54) is 0 Å². The summed E-state index contributed by atoms with van der Waals surface area (Å²) in [5.74, 6) is -15.1. The fraction of sp³-hybridized carbons (Fsp3) is 0.556. The maximum atomic E-state index is 10.7. The van der Waals surface area contributed by atoms with Crippen LogP contribution in [0.4, 0.5) is 0 Å². The van der Waals surface area contributed by atoms with Gasteiger partial charge in [0.1, 0.15) is 0 Å². The van der Waals surface area contributed by atoms with Crippen LogP contribution in [0, 0.1) is 23.7 Å². The number of rotatable bonds is 4. The van der Waals surface area contributed by atoms with E-state index in [1.807, 2.05) is 0 Å². The molecule has 4 unspecified atom stereocenters. The van der Waals surface area contributed by atoms with Crippen LogP contribution in [0.1, 0.15) is 6.42 Å². The van der Waals surface area contributed by atoms with Crippen molar-refractivity contribution >= 4 is 23.9 Å². The summed E-state index contributed by atoms with van der Waals surface area (Å²) in [6, 6.07) is 0. The second kappa shape index (κ2) is 17.0. The second-order valence-electron chi connectivity index (χ2n) is 3.78. The third-order valence-corrected chi connectivity index (χ3v) is 2.91. The third kappa shape index (κ3) is 10.4. The third-order valence-electron chi connectivity index (χ3n) is 2.91. The van der Waals surface area contributed by atoms with Crippen molar-refractivity contribution in [2.45, 2.75) is 6.42 Å². The van der Waals surface area contributed by atoms with E-state index in [9.17, 15) is 39.6 Å². The summed E-state index contributed by atoms with van der Waals surface area (Å²) in [5.41, 5.74) is 0. The maximum Gasteiger partial charge on any atom is 1.00 e. The van der Waals surface area contributed by atoms with Crippen molar-refractivity contribution in [2.24, 2.45) is 23.7 Å². The van der Waals surface area contributed by atoms with E-state index in [0.29, 0.717) is 0 Å². The molecule has 0 aliphatic heterocycles. The van der Waals surface area contributed by atoms with Crippen LogP contribution in [-0.4, -0.2) is 23.9 Å². The monoisotopic (exact) mass is 774 g/mol. The molecule has 8 nitrogen and oxygen atoms in total. The molecule has 12 heteroatoms. The summed E-state index contributed by atoms with van der Waals surface area (Å²) < 4.78 is 0. The zero-order valence-electron chi connectivity index (χ0n) is 12.3. The molecule has 0 aromatic heterocycles. The van der Waals surface area contributed by atoms with E-state index in [4.69, 9.17) is 0 Å². The van der Waals surface area contributed by atoms with Crippen molar-refractivity contribution in [3.8, 4) is 0 Å². The first-order valence-corrected chi connectivity index (χ1v) is 4.60. The number of hydrogen-bond donors (Lipinski definition) is 0. The van der Waals surface area contributed by atoms with Crippen LogP contribution in [0.2, 0.25) is 0 Å².